The summed E-state index contributed by atoms with van der Waals surface area (Å²) >= 11 is 0. The van der Waals surface area contributed by atoms with Gasteiger partial charge in [0.2, 0.25) is 0 Å². The van der Waals surface area contributed by atoms with Gasteiger partial charge in [-0.15, -0.1) is 0 Å². The van der Waals surface area contributed by atoms with E-state index in [1.54, 1.807) is 0 Å². The highest BCUT2D eigenvalue weighted by Gasteiger charge is 2.37. The zero-order valence-corrected chi connectivity index (χ0v) is 27.3. The van der Waals surface area contributed by atoms with E-state index in [0.29, 0.717) is 5.82 Å². The Labute approximate surface area is 285 Å². The maximum Gasteiger partial charge on any atom is 0.160 e. The second kappa shape index (κ2) is 11.5. The van der Waals surface area contributed by atoms with Gasteiger partial charge in [-0.2, -0.15) is 0 Å². The van der Waals surface area contributed by atoms with Crippen LogP contribution in [0.3, 0.4) is 0 Å². The molecule has 0 fully saturated rings. The molecule has 2 heterocycles. The lowest BCUT2D eigenvalue weighted by Gasteiger charge is -2.20. The molecule has 2 aromatic heterocycles. The van der Waals surface area contributed by atoms with Crippen LogP contribution >= 0.6 is 0 Å². The smallest absolute Gasteiger partial charge is 0.160 e. The topological polar surface area (TPSA) is 51.6 Å². The molecule has 0 radical (unpaired) electrons. The van der Waals surface area contributed by atoms with Crippen LogP contribution in [0.2, 0.25) is 0 Å². The molecule has 0 amide bonds. The Balaban J connectivity index is 1.10. The minimum absolute atomic E-state index is 0.187. The van der Waals surface area contributed by atoms with E-state index in [1.807, 2.05) is 42.6 Å². The Kier molecular flexibility index (Phi) is 6.77. The van der Waals surface area contributed by atoms with E-state index >= 15 is 0 Å². The van der Waals surface area contributed by atoms with E-state index in [4.69, 9.17) is 19.9 Å². The van der Waals surface area contributed by atoms with Crippen LogP contribution in [0.25, 0.3) is 78.3 Å². The molecule has 0 saturated carbocycles. The minimum Gasteiger partial charge on any atom is -0.236 e. The van der Waals surface area contributed by atoms with Crippen LogP contribution in [-0.2, 0) is 5.41 Å². The summed E-state index contributed by atoms with van der Waals surface area (Å²) in [6.45, 7) is 4.51. The third kappa shape index (κ3) is 4.92. The van der Waals surface area contributed by atoms with Crippen molar-refractivity contribution in [3.05, 3.63) is 169 Å². The van der Waals surface area contributed by atoms with Crippen LogP contribution in [0.4, 0.5) is 0 Å². The second-order valence-electron chi connectivity index (χ2n) is 13.1. The summed E-state index contributed by atoms with van der Waals surface area (Å²) < 4.78 is 0. The van der Waals surface area contributed by atoms with E-state index < -0.39 is 0 Å². The monoisotopic (exact) mass is 628 g/mol. The van der Waals surface area contributed by atoms with Crippen molar-refractivity contribution in [1.29, 1.82) is 0 Å². The van der Waals surface area contributed by atoms with Crippen molar-refractivity contribution in [2.45, 2.75) is 19.3 Å². The quantitative estimate of drug-likeness (QED) is 0.190. The molecule has 8 aromatic rings. The molecular weight excluding hydrogens is 597 g/mol. The zero-order chi connectivity index (χ0) is 33.0. The molecule has 0 aliphatic heterocycles. The summed E-state index contributed by atoms with van der Waals surface area (Å²) in [5.74, 6) is 1.45. The first-order valence-electron chi connectivity index (χ1n) is 16.6. The summed E-state index contributed by atoms with van der Waals surface area (Å²) in [6.07, 6.45) is 2.00. The standard InChI is InChI=1S/C45H32N4/c1-45(2)39-20-12-11-19-36(39)38-28-46-44(49-42(38)45)37-26-25-33(34-17-9-10-18-35(34)37)29-21-23-32(24-22-29)43-47-40(30-13-5-3-6-14-30)27-41(48-43)31-15-7-4-8-16-31/h3-28H,1-2H3. The van der Waals surface area contributed by atoms with E-state index in [0.717, 1.165) is 72.6 Å². The molecule has 0 saturated heterocycles. The van der Waals surface area contributed by atoms with Crippen molar-refractivity contribution in [2.75, 3.05) is 0 Å². The van der Waals surface area contributed by atoms with Gasteiger partial charge in [-0.1, -0.05) is 153 Å². The largest absolute Gasteiger partial charge is 0.236 e. The molecule has 9 rings (SSSR count). The van der Waals surface area contributed by atoms with Gasteiger partial charge in [0.25, 0.3) is 0 Å². The number of hydrogen-bond acceptors (Lipinski definition) is 4. The van der Waals surface area contributed by atoms with Crippen LogP contribution in [0, 0.1) is 0 Å². The number of rotatable bonds is 5. The minimum atomic E-state index is -0.187. The van der Waals surface area contributed by atoms with Crippen LogP contribution in [-0.4, -0.2) is 19.9 Å². The van der Waals surface area contributed by atoms with E-state index in [1.165, 1.54) is 11.1 Å². The fourth-order valence-electron chi connectivity index (χ4n) is 7.21. The molecule has 0 atom stereocenters. The number of hydrogen-bond donors (Lipinski definition) is 0. The summed E-state index contributed by atoms with van der Waals surface area (Å²) in [5.41, 5.74) is 12.7. The van der Waals surface area contributed by atoms with Gasteiger partial charge in [0.15, 0.2) is 11.6 Å². The molecule has 0 spiro atoms. The number of benzene rings is 6. The fraction of sp³-hybridized carbons (Fsp3) is 0.0667. The van der Waals surface area contributed by atoms with Crippen molar-refractivity contribution in [3.63, 3.8) is 0 Å². The molecule has 49 heavy (non-hydrogen) atoms. The van der Waals surface area contributed by atoms with Gasteiger partial charge >= 0.3 is 0 Å². The van der Waals surface area contributed by atoms with Crippen molar-refractivity contribution in [1.82, 2.24) is 19.9 Å². The molecular formula is C45H32N4. The highest BCUT2D eigenvalue weighted by Crippen LogP contribution is 2.48. The maximum atomic E-state index is 5.22. The van der Waals surface area contributed by atoms with Gasteiger partial charge in [0.1, 0.15) is 0 Å². The third-order valence-corrected chi connectivity index (χ3v) is 9.76. The fourth-order valence-corrected chi connectivity index (χ4v) is 7.21. The first-order chi connectivity index (χ1) is 24.0. The van der Waals surface area contributed by atoms with E-state index in [-0.39, 0.29) is 5.41 Å². The molecule has 4 heteroatoms. The Morgan fingerprint density at radius 2 is 0.959 bits per heavy atom. The Bertz CT molecular complexity index is 2440. The van der Waals surface area contributed by atoms with Gasteiger partial charge in [-0.25, -0.2) is 19.9 Å². The predicted octanol–water partition coefficient (Wildman–Crippen LogP) is 11.1. The van der Waals surface area contributed by atoms with Gasteiger partial charge < -0.3 is 0 Å². The first kappa shape index (κ1) is 28.9. The van der Waals surface area contributed by atoms with Crippen molar-refractivity contribution >= 4 is 10.8 Å². The molecule has 232 valence electrons. The van der Waals surface area contributed by atoms with Crippen molar-refractivity contribution in [3.8, 4) is 67.5 Å². The highest BCUT2D eigenvalue weighted by atomic mass is 14.9. The average Bonchev–Trinajstić information content (AvgIpc) is 3.40. The van der Waals surface area contributed by atoms with Crippen LogP contribution in [0.1, 0.15) is 25.1 Å². The highest BCUT2D eigenvalue weighted by molar-refractivity contribution is 6.04. The summed E-state index contributed by atoms with van der Waals surface area (Å²) in [5, 5.41) is 2.29. The summed E-state index contributed by atoms with van der Waals surface area (Å²) in [7, 11) is 0. The molecule has 6 aromatic carbocycles. The average molecular weight is 629 g/mol. The SMILES string of the molecule is CC1(C)c2ccccc2-c2cnc(-c3ccc(-c4ccc(-c5nc(-c6ccccc6)cc(-c6ccccc6)n5)cc4)c4ccccc34)nc21. The second-order valence-corrected chi connectivity index (χ2v) is 13.1. The van der Waals surface area contributed by atoms with Crippen molar-refractivity contribution in [2.24, 2.45) is 0 Å². The molecule has 1 aliphatic carbocycles. The van der Waals surface area contributed by atoms with Crippen LogP contribution in [0.15, 0.2) is 158 Å². The zero-order valence-electron chi connectivity index (χ0n) is 27.3. The first-order valence-corrected chi connectivity index (χ1v) is 16.6. The number of aromatic nitrogens is 4. The summed E-state index contributed by atoms with van der Waals surface area (Å²) in [6, 6.07) is 52.7. The maximum absolute atomic E-state index is 5.22. The molecule has 4 nitrogen and oxygen atoms in total. The number of fused-ring (bicyclic) bond motifs is 4. The van der Waals surface area contributed by atoms with E-state index in [2.05, 4.69) is 129 Å². The van der Waals surface area contributed by atoms with Gasteiger partial charge in [0, 0.05) is 39.4 Å². The molecule has 1 aliphatic rings. The lowest BCUT2D eigenvalue weighted by molar-refractivity contribution is 0.636. The van der Waals surface area contributed by atoms with Gasteiger partial charge in [-0.05, 0) is 45.2 Å². The predicted molar refractivity (Wildman–Crippen MR) is 200 cm³/mol. The molecule has 0 N–H and O–H groups in total. The molecule has 0 unspecified atom stereocenters. The van der Waals surface area contributed by atoms with E-state index in [9.17, 15) is 0 Å². The molecule has 0 bridgehead atoms. The van der Waals surface area contributed by atoms with Crippen molar-refractivity contribution < 1.29 is 0 Å². The lowest BCUT2D eigenvalue weighted by atomic mass is 9.85. The normalized spacial score (nSPS) is 12.9. The van der Waals surface area contributed by atoms with Gasteiger partial charge in [0.05, 0.1) is 17.1 Å². The third-order valence-electron chi connectivity index (χ3n) is 9.76. The Hall–Kier alpha value is -6.26. The Morgan fingerprint density at radius 3 is 1.63 bits per heavy atom. The number of nitrogens with zero attached hydrogens (tertiary/aromatic N) is 4. The van der Waals surface area contributed by atoms with Crippen LogP contribution < -0.4 is 0 Å². The summed E-state index contributed by atoms with van der Waals surface area (Å²) in [4.78, 5) is 20.2. The Morgan fingerprint density at radius 1 is 0.408 bits per heavy atom. The van der Waals surface area contributed by atoms with Crippen LogP contribution in [0.5, 0.6) is 0 Å². The van der Waals surface area contributed by atoms with Gasteiger partial charge in [-0.3, -0.25) is 0 Å². The lowest BCUT2D eigenvalue weighted by Crippen LogP contribution is -2.17.